The van der Waals surface area contributed by atoms with Gasteiger partial charge in [0.25, 0.3) is 5.91 Å². The fourth-order valence-corrected chi connectivity index (χ4v) is 4.14. The first kappa shape index (κ1) is 23.5. The topological polar surface area (TPSA) is 135 Å². The number of rotatable bonds is 9. The van der Waals surface area contributed by atoms with Crippen LogP contribution in [0, 0.1) is 12.7 Å². The molecular weight excluding hydrogens is 489 g/mol. The number of nitrogens with one attached hydrogen (secondary N) is 3. The summed E-state index contributed by atoms with van der Waals surface area (Å²) in [6, 6.07) is 13.5. The van der Waals surface area contributed by atoms with Crippen molar-refractivity contribution in [1.29, 1.82) is 0 Å². The summed E-state index contributed by atoms with van der Waals surface area (Å²) < 4.78 is 21.3. The molecule has 0 atom stereocenters. The predicted molar refractivity (Wildman–Crippen MR) is 136 cm³/mol. The maximum atomic E-state index is 13.8. The number of aromatic amines is 1. The molecule has 3 aromatic heterocycles. The number of ether oxygens (including phenoxy) is 1. The number of imidazole rings is 1. The molecule has 2 aromatic carbocycles. The number of anilines is 1. The van der Waals surface area contributed by atoms with E-state index in [1.54, 1.807) is 28.9 Å². The van der Waals surface area contributed by atoms with Gasteiger partial charge in [0.15, 0.2) is 11.5 Å². The van der Waals surface area contributed by atoms with Gasteiger partial charge in [-0.15, -0.1) is 15.3 Å². The number of carbonyl (C=O) groups is 1. The minimum absolute atomic E-state index is 0.0633. The zero-order valence-corrected chi connectivity index (χ0v) is 20.5. The van der Waals surface area contributed by atoms with Gasteiger partial charge in [-0.25, -0.2) is 13.9 Å². The standard InChI is InChI=1S/C26H24FN9O2/c1-15-11-16(5-8-20(15)26(37)30-18-6-7-18)22-14-29-25-21(28-10-9-23-31-34-35-32-23)13-24(33-36(22)25)38-19-4-2-3-17(27)12-19/h2-5,8,11-14,18,28H,6-7,9-10H2,1H3,(H,30,37)(H,31,32,34,35). The van der Waals surface area contributed by atoms with E-state index in [1.165, 1.54) is 12.1 Å². The summed E-state index contributed by atoms with van der Waals surface area (Å²) in [4.78, 5) is 17.2. The van der Waals surface area contributed by atoms with E-state index in [9.17, 15) is 9.18 Å². The molecule has 1 saturated carbocycles. The van der Waals surface area contributed by atoms with Crippen molar-refractivity contribution in [3.63, 3.8) is 0 Å². The molecule has 11 nitrogen and oxygen atoms in total. The van der Waals surface area contributed by atoms with Gasteiger partial charge in [-0.1, -0.05) is 17.3 Å². The van der Waals surface area contributed by atoms with Crippen LogP contribution >= 0.6 is 0 Å². The largest absolute Gasteiger partial charge is 0.437 e. The highest BCUT2D eigenvalue weighted by Crippen LogP contribution is 2.30. The molecule has 0 aliphatic heterocycles. The Kier molecular flexibility index (Phi) is 6.12. The van der Waals surface area contributed by atoms with Gasteiger partial charge in [0.2, 0.25) is 5.88 Å². The monoisotopic (exact) mass is 513 g/mol. The van der Waals surface area contributed by atoms with Crippen molar-refractivity contribution in [1.82, 2.24) is 40.5 Å². The van der Waals surface area contributed by atoms with Gasteiger partial charge in [0.1, 0.15) is 11.6 Å². The Balaban J connectivity index is 1.35. The summed E-state index contributed by atoms with van der Waals surface area (Å²) in [5.41, 5.74) is 4.28. The summed E-state index contributed by atoms with van der Waals surface area (Å²) in [6.07, 6.45) is 4.31. The molecule has 38 heavy (non-hydrogen) atoms. The van der Waals surface area contributed by atoms with Gasteiger partial charge in [-0.05, 0) is 49.6 Å². The maximum absolute atomic E-state index is 13.8. The predicted octanol–water partition coefficient (Wildman–Crippen LogP) is 3.70. The van der Waals surface area contributed by atoms with Crippen LogP contribution in [0.15, 0.2) is 54.7 Å². The fourth-order valence-electron chi connectivity index (χ4n) is 4.14. The molecular formula is C26H24FN9O2. The Morgan fingerprint density at radius 2 is 2.11 bits per heavy atom. The molecule has 0 radical (unpaired) electrons. The lowest BCUT2D eigenvalue weighted by molar-refractivity contribution is 0.0950. The molecule has 0 bridgehead atoms. The molecule has 6 rings (SSSR count). The van der Waals surface area contributed by atoms with Crippen LogP contribution in [0.5, 0.6) is 11.6 Å². The number of fused-ring (bicyclic) bond motifs is 1. The third-order valence-electron chi connectivity index (χ3n) is 6.20. The molecule has 3 N–H and O–H groups in total. The van der Waals surface area contributed by atoms with Crippen LogP contribution in [-0.4, -0.2) is 53.7 Å². The smallest absolute Gasteiger partial charge is 0.251 e. The number of H-pyrrole nitrogens is 1. The van der Waals surface area contributed by atoms with E-state index >= 15 is 0 Å². The van der Waals surface area contributed by atoms with Crippen molar-refractivity contribution in [2.75, 3.05) is 11.9 Å². The van der Waals surface area contributed by atoms with E-state index in [0.717, 1.165) is 24.0 Å². The minimum atomic E-state index is -0.411. The number of hydrogen-bond acceptors (Lipinski definition) is 8. The number of aryl methyl sites for hydroxylation is 1. The number of benzene rings is 2. The van der Waals surface area contributed by atoms with E-state index in [0.29, 0.717) is 47.1 Å². The Morgan fingerprint density at radius 1 is 1.21 bits per heavy atom. The van der Waals surface area contributed by atoms with Crippen molar-refractivity contribution in [3.05, 3.63) is 77.5 Å². The molecule has 1 aliphatic rings. The van der Waals surface area contributed by atoms with Gasteiger partial charge < -0.3 is 15.4 Å². The Morgan fingerprint density at radius 3 is 2.87 bits per heavy atom. The second kappa shape index (κ2) is 9.88. The molecule has 1 fully saturated rings. The minimum Gasteiger partial charge on any atom is -0.437 e. The quantitative estimate of drug-likeness (QED) is 0.272. The Labute approximate surface area is 216 Å². The van der Waals surface area contributed by atoms with Crippen molar-refractivity contribution in [3.8, 4) is 22.9 Å². The molecule has 5 aromatic rings. The first-order valence-corrected chi connectivity index (χ1v) is 12.2. The molecule has 1 aliphatic carbocycles. The van der Waals surface area contributed by atoms with Gasteiger partial charge in [-0.3, -0.25) is 4.79 Å². The molecule has 3 heterocycles. The summed E-state index contributed by atoms with van der Waals surface area (Å²) in [7, 11) is 0. The summed E-state index contributed by atoms with van der Waals surface area (Å²) in [6.45, 7) is 2.41. The second-order valence-electron chi connectivity index (χ2n) is 9.12. The van der Waals surface area contributed by atoms with Crippen molar-refractivity contribution >= 4 is 17.2 Å². The van der Waals surface area contributed by atoms with Crippen LogP contribution in [0.3, 0.4) is 0 Å². The Hall–Kier alpha value is -4.87. The van der Waals surface area contributed by atoms with Crippen LogP contribution in [-0.2, 0) is 6.42 Å². The fraction of sp³-hybridized carbons (Fsp3) is 0.231. The number of aromatic nitrogens is 7. The SMILES string of the molecule is Cc1cc(-c2cnc3c(NCCc4nn[nH]n4)cc(Oc4cccc(F)c4)nn23)ccc1C(=O)NC1CC1. The summed E-state index contributed by atoms with van der Waals surface area (Å²) in [5, 5.41) is 25.0. The Bertz CT molecular complexity index is 1610. The number of halogens is 1. The van der Waals surface area contributed by atoms with Crippen molar-refractivity contribution in [2.45, 2.75) is 32.2 Å². The van der Waals surface area contributed by atoms with Gasteiger partial charge >= 0.3 is 0 Å². The van der Waals surface area contributed by atoms with Crippen molar-refractivity contribution in [2.24, 2.45) is 0 Å². The average Bonchev–Trinajstić information content (AvgIpc) is 3.36. The highest BCUT2D eigenvalue weighted by molar-refractivity contribution is 5.96. The molecule has 0 unspecified atom stereocenters. The van der Waals surface area contributed by atoms with Gasteiger partial charge in [-0.2, -0.15) is 5.21 Å². The zero-order chi connectivity index (χ0) is 26.1. The lowest BCUT2D eigenvalue weighted by Gasteiger charge is -2.12. The van der Waals surface area contributed by atoms with Gasteiger partial charge in [0, 0.05) is 42.3 Å². The summed E-state index contributed by atoms with van der Waals surface area (Å²) >= 11 is 0. The normalized spacial score (nSPS) is 13.0. The van der Waals surface area contributed by atoms with E-state index in [2.05, 4.69) is 41.3 Å². The molecule has 0 saturated heterocycles. The number of tetrazole rings is 1. The maximum Gasteiger partial charge on any atom is 0.251 e. The van der Waals surface area contributed by atoms with E-state index in [1.807, 2.05) is 25.1 Å². The third-order valence-corrected chi connectivity index (χ3v) is 6.20. The number of hydrogen-bond donors (Lipinski definition) is 3. The molecule has 0 spiro atoms. The number of carbonyl (C=O) groups excluding carboxylic acids is 1. The van der Waals surface area contributed by atoms with Crippen LogP contribution in [0.25, 0.3) is 16.9 Å². The molecule has 12 heteroatoms. The van der Waals surface area contributed by atoms with Crippen molar-refractivity contribution < 1.29 is 13.9 Å². The summed E-state index contributed by atoms with van der Waals surface area (Å²) in [5.74, 6) is 0.669. The van der Waals surface area contributed by atoms with Crippen LogP contribution in [0.4, 0.5) is 10.1 Å². The lowest BCUT2D eigenvalue weighted by Crippen LogP contribution is -2.26. The molecule has 192 valence electrons. The second-order valence-corrected chi connectivity index (χ2v) is 9.12. The van der Waals surface area contributed by atoms with Crippen LogP contribution in [0.2, 0.25) is 0 Å². The van der Waals surface area contributed by atoms with E-state index in [4.69, 9.17) is 4.74 Å². The number of nitrogens with zero attached hydrogens (tertiary/aromatic N) is 6. The van der Waals surface area contributed by atoms with Gasteiger partial charge in [0.05, 0.1) is 17.6 Å². The first-order valence-electron chi connectivity index (χ1n) is 12.2. The average molecular weight is 514 g/mol. The zero-order valence-electron chi connectivity index (χ0n) is 20.5. The third kappa shape index (κ3) is 5.01. The van der Waals surface area contributed by atoms with E-state index in [-0.39, 0.29) is 17.8 Å². The lowest BCUT2D eigenvalue weighted by atomic mass is 10.0. The highest BCUT2D eigenvalue weighted by atomic mass is 19.1. The van der Waals surface area contributed by atoms with Crippen LogP contribution in [0.1, 0.15) is 34.6 Å². The van der Waals surface area contributed by atoms with E-state index < -0.39 is 5.82 Å². The highest BCUT2D eigenvalue weighted by Gasteiger charge is 2.24. The number of amides is 1. The first-order chi connectivity index (χ1) is 18.5. The van der Waals surface area contributed by atoms with Crippen LogP contribution < -0.4 is 15.4 Å². The molecule has 1 amide bonds.